The molecular weight excluding hydrogens is 385 g/mol. The summed E-state index contributed by atoms with van der Waals surface area (Å²) in [7, 11) is 1.44. The van der Waals surface area contributed by atoms with Crippen molar-refractivity contribution in [2.24, 2.45) is 10.7 Å². The fourth-order valence-corrected chi connectivity index (χ4v) is 3.56. The van der Waals surface area contributed by atoms with Crippen LogP contribution >= 0.6 is 11.8 Å². The summed E-state index contributed by atoms with van der Waals surface area (Å²) in [6, 6.07) is 4.14. The number of thioether (sulfide) groups is 1. The number of ether oxygens (including phenoxy) is 1. The molecule has 0 saturated carbocycles. The number of benzene rings is 1. The number of amides is 1. The fraction of sp³-hybridized carbons (Fsp3) is 0.222. The fourth-order valence-electron chi connectivity index (χ4n) is 2.70. The van der Waals surface area contributed by atoms with Crippen molar-refractivity contribution in [3.63, 3.8) is 0 Å². The molecule has 146 valence electrons. The molecule has 28 heavy (non-hydrogen) atoms. The van der Waals surface area contributed by atoms with E-state index >= 15 is 0 Å². The minimum Gasteiger partial charge on any atom is -0.480 e. The number of nitrogens with two attached hydrogens (primary N) is 1. The Morgan fingerprint density at radius 1 is 1.39 bits per heavy atom. The first-order chi connectivity index (χ1) is 13.3. The second kappa shape index (κ2) is 7.95. The van der Waals surface area contributed by atoms with Crippen molar-refractivity contribution in [3.05, 3.63) is 58.6 Å². The van der Waals surface area contributed by atoms with E-state index in [1.54, 1.807) is 13.0 Å². The van der Waals surface area contributed by atoms with E-state index in [0.717, 1.165) is 11.8 Å². The minimum absolute atomic E-state index is 0.0803. The lowest BCUT2D eigenvalue weighted by atomic mass is 9.91. The topological polar surface area (TPSA) is 123 Å². The van der Waals surface area contributed by atoms with E-state index in [-0.39, 0.29) is 28.9 Å². The molecule has 8 nitrogen and oxygen atoms in total. The molecule has 0 bridgehead atoms. The molecule has 0 spiro atoms. The number of halogens is 1. The molecule has 0 saturated heterocycles. The van der Waals surface area contributed by atoms with Crippen LogP contribution in [0.5, 0.6) is 5.88 Å². The van der Waals surface area contributed by atoms with Crippen molar-refractivity contribution >= 4 is 28.5 Å². The van der Waals surface area contributed by atoms with Gasteiger partial charge in [-0.15, -0.1) is 0 Å². The van der Waals surface area contributed by atoms with Crippen LogP contribution in [0.15, 0.2) is 46.6 Å². The summed E-state index contributed by atoms with van der Waals surface area (Å²) in [6.45, 7) is 1.44. The van der Waals surface area contributed by atoms with Gasteiger partial charge in [0.1, 0.15) is 17.1 Å². The zero-order valence-corrected chi connectivity index (χ0v) is 16.0. The zero-order chi connectivity index (χ0) is 20.3. The maximum Gasteiger partial charge on any atom is 0.275 e. The van der Waals surface area contributed by atoms with Crippen molar-refractivity contribution < 1.29 is 19.0 Å². The lowest BCUT2D eigenvalue weighted by molar-refractivity contribution is 0.102. The number of methoxy groups -OCH3 is 1. The molecule has 1 amide bonds. The first-order valence-corrected chi connectivity index (χ1v) is 8.99. The molecule has 4 N–H and O–H groups in total. The van der Waals surface area contributed by atoms with Crippen LogP contribution in [-0.2, 0) is 5.54 Å². The molecule has 0 unspecified atom stereocenters. The smallest absolute Gasteiger partial charge is 0.275 e. The van der Waals surface area contributed by atoms with Gasteiger partial charge in [0, 0.05) is 16.2 Å². The van der Waals surface area contributed by atoms with E-state index < -0.39 is 17.3 Å². The Bertz CT molecular complexity index is 964. The Labute approximate surface area is 164 Å². The summed E-state index contributed by atoms with van der Waals surface area (Å²) in [4.78, 5) is 25.2. The van der Waals surface area contributed by atoms with E-state index in [1.807, 2.05) is 0 Å². The Kier molecular flexibility index (Phi) is 5.61. The van der Waals surface area contributed by atoms with Crippen LogP contribution < -0.4 is 15.8 Å². The molecule has 2 heterocycles. The van der Waals surface area contributed by atoms with Crippen molar-refractivity contribution in [3.8, 4) is 5.88 Å². The van der Waals surface area contributed by atoms with E-state index in [2.05, 4.69) is 20.3 Å². The van der Waals surface area contributed by atoms with E-state index in [4.69, 9.17) is 10.5 Å². The largest absolute Gasteiger partial charge is 0.480 e. The van der Waals surface area contributed by atoms with Crippen molar-refractivity contribution in [2.75, 3.05) is 19.0 Å². The lowest BCUT2D eigenvalue weighted by Crippen LogP contribution is -2.27. The number of aliphatic imine (C=N–C) groups is 1. The van der Waals surface area contributed by atoms with E-state index in [0.29, 0.717) is 10.6 Å². The van der Waals surface area contributed by atoms with Gasteiger partial charge >= 0.3 is 0 Å². The number of aromatic nitrogens is 2. The van der Waals surface area contributed by atoms with Gasteiger partial charge < -0.3 is 20.9 Å². The summed E-state index contributed by atoms with van der Waals surface area (Å²) in [6.07, 6.45) is 4.25. The molecular formula is C18H18FN5O3S. The first-order valence-electron chi connectivity index (χ1n) is 8.18. The minimum atomic E-state index is -1.11. The summed E-state index contributed by atoms with van der Waals surface area (Å²) >= 11 is 1.13. The van der Waals surface area contributed by atoms with Crippen molar-refractivity contribution in [1.29, 1.82) is 0 Å². The number of nitrogens with one attached hydrogen (secondary N) is 1. The quantitative estimate of drug-likeness (QED) is 0.698. The SMILES string of the molecule is COc1cnc(C(=O)Nc2ccc(F)c([C@]3(C)C=C(CO)SC(N)=N3)c2)cn1. The normalized spacial score (nSPS) is 18.9. The lowest BCUT2D eigenvalue weighted by Gasteiger charge is -2.28. The molecule has 1 aromatic heterocycles. The zero-order valence-electron chi connectivity index (χ0n) is 15.1. The number of rotatable bonds is 5. The number of carbonyl (C=O) groups excluding carboxylic acids is 1. The number of amidine groups is 1. The Balaban J connectivity index is 1.90. The van der Waals surface area contributed by atoms with Crippen LogP contribution in [-0.4, -0.2) is 39.9 Å². The summed E-state index contributed by atoms with van der Waals surface area (Å²) < 4.78 is 19.5. The molecule has 0 fully saturated rings. The highest BCUT2D eigenvalue weighted by molar-refractivity contribution is 8.17. The van der Waals surface area contributed by atoms with Gasteiger partial charge in [0.2, 0.25) is 5.88 Å². The van der Waals surface area contributed by atoms with Gasteiger partial charge in [-0.1, -0.05) is 11.8 Å². The van der Waals surface area contributed by atoms with Gasteiger partial charge in [0.25, 0.3) is 5.91 Å². The molecule has 1 atom stereocenters. The number of nitrogens with zero attached hydrogens (tertiary/aromatic N) is 3. The standard InChI is InChI=1S/C18H18FN5O3S/c1-18(6-11(9-25)28-17(20)24-18)12-5-10(3-4-13(12)19)23-16(26)14-7-22-15(27-2)8-21-14/h3-8,25H,9H2,1-2H3,(H2,20,24)(H,23,26)/t18-/m0/s1. The van der Waals surface area contributed by atoms with Crippen molar-refractivity contribution in [1.82, 2.24) is 9.97 Å². The van der Waals surface area contributed by atoms with Crippen LogP contribution in [0.2, 0.25) is 0 Å². The number of hydrogen-bond donors (Lipinski definition) is 3. The average Bonchev–Trinajstić information content (AvgIpc) is 2.68. The Morgan fingerprint density at radius 3 is 2.82 bits per heavy atom. The molecule has 3 rings (SSSR count). The van der Waals surface area contributed by atoms with Crippen molar-refractivity contribution in [2.45, 2.75) is 12.5 Å². The van der Waals surface area contributed by atoms with Crippen LogP contribution in [0.4, 0.5) is 10.1 Å². The third-order valence-electron chi connectivity index (χ3n) is 4.02. The van der Waals surface area contributed by atoms with Gasteiger partial charge in [-0.3, -0.25) is 4.79 Å². The summed E-state index contributed by atoms with van der Waals surface area (Å²) in [5.74, 6) is -0.737. The highest BCUT2D eigenvalue weighted by Crippen LogP contribution is 2.38. The average molecular weight is 403 g/mol. The molecule has 1 aromatic carbocycles. The maximum absolute atomic E-state index is 14.5. The number of aliphatic hydroxyl groups is 1. The van der Waals surface area contributed by atoms with Crippen LogP contribution in [0.25, 0.3) is 0 Å². The third-order valence-corrected chi connectivity index (χ3v) is 4.83. The molecule has 0 radical (unpaired) electrons. The van der Waals surface area contributed by atoms with Crippen LogP contribution in [0, 0.1) is 5.82 Å². The van der Waals surface area contributed by atoms with Gasteiger partial charge in [-0.2, -0.15) is 0 Å². The van der Waals surface area contributed by atoms with Gasteiger partial charge in [-0.05, 0) is 31.2 Å². The highest BCUT2D eigenvalue weighted by atomic mass is 32.2. The first kappa shape index (κ1) is 19.8. The molecule has 1 aliphatic heterocycles. The molecule has 2 aromatic rings. The molecule has 0 aliphatic carbocycles. The number of aliphatic hydroxyl groups excluding tert-OH is 1. The maximum atomic E-state index is 14.5. The summed E-state index contributed by atoms with van der Waals surface area (Å²) in [5, 5.41) is 12.3. The number of carbonyl (C=O) groups is 1. The molecule has 1 aliphatic rings. The van der Waals surface area contributed by atoms with E-state index in [9.17, 15) is 14.3 Å². The third kappa shape index (κ3) is 4.12. The predicted octanol–water partition coefficient (Wildman–Crippen LogP) is 2.03. The number of anilines is 1. The van der Waals surface area contributed by atoms with Crippen LogP contribution in [0.1, 0.15) is 23.0 Å². The second-order valence-electron chi connectivity index (χ2n) is 6.06. The summed E-state index contributed by atoms with van der Waals surface area (Å²) in [5.41, 5.74) is 5.35. The van der Waals surface area contributed by atoms with Gasteiger partial charge in [-0.25, -0.2) is 19.4 Å². The molecule has 10 heteroatoms. The van der Waals surface area contributed by atoms with E-state index in [1.165, 1.54) is 37.7 Å². The Morgan fingerprint density at radius 2 is 2.18 bits per heavy atom. The highest BCUT2D eigenvalue weighted by Gasteiger charge is 2.31. The monoisotopic (exact) mass is 403 g/mol. The Hall–Kier alpha value is -2.98. The van der Waals surface area contributed by atoms with Crippen LogP contribution in [0.3, 0.4) is 0 Å². The van der Waals surface area contributed by atoms with Gasteiger partial charge in [0.05, 0.1) is 26.1 Å². The second-order valence-corrected chi connectivity index (χ2v) is 7.21. The van der Waals surface area contributed by atoms with Gasteiger partial charge in [0.15, 0.2) is 5.17 Å². The number of hydrogen-bond acceptors (Lipinski definition) is 8. The predicted molar refractivity (Wildman–Crippen MR) is 105 cm³/mol.